The lowest BCUT2D eigenvalue weighted by molar-refractivity contribution is 0.786. The van der Waals surface area contributed by atoms with Crippen LogP contribution in [0, 0.1) is 25.2 Å². The maximum Gasteiger partial charge on any atom is 0.289 e. The first-order chi connectivity index (χ1) is 9.13. The van der Waals surface area contributed by atoms with Gasteiger partial charge in [0, 0.05) is 23.7 Å². The highest BCUT2D eigenvalue weighted by molar-refractivity contribution is 5.78. The third kappa shape index (κ3) is 2.58. The van der Waals surface area contributed by atoms with E-state index in [1.807, 2.05) is 12.1 Å². The molecular formula is C14H12N4O. The Bertz CT molecular complexity index is 724. The van der Waals surface area contributed by atoms with E-state index in [0.717, 1.165) is 5.56 Å². The van der Waals surface area contributed by atoms with Crippen LogP contribution in [0.25, 0.3) is 0 Å². The summed E-state index contributed by atoms with van der Waals surface area (Å²) in [6, 6.07) is 7.29. The van der Waals surface area contributed by atoms with Crippen LogP contribution in [0.3, 0.4) is 0 Å². The van der Waals surface area contributed by atoms with Gasteiger partial charge in [-0.1, -0.05) is 6.07 Å². The van der Waals surface area contributed by atoms with Crippen LogP contribution in [-0.2, 0) is 0 Å². The van der Waals surface area contributed by atoms with Crippen molar-refractivity contribution in [2.75, 3.05) is 0 Å². The van der Waals surface area contributed by atoms with E-state index in [9.17, 15) is 4.79 Å². The van der Waals surface area contributed by atoms with Gasteiger partial charge in [-0.25, -0.2) is 4.68 Å². The molecule has 0 spiro atoms. The lowest BCUT2D eigenvalue weighted by Gasteiger charge is -2.05. The van der Waals surface area contributed by atoms with Crippen molar-refractivity contribution in [1.29, 1.82) is 5.26 Å². The second-order valence-electron chi connectivity index (χ2n) is 4.10. The summed E-state index contributed by atoms with van der Waals surface area (Å²) in [5.74, 6) is 0. The Morgan fingerprint density at radius 3 is 2.89 bits per heavy atom. The maximum atomic E-state index is 12.1. The number of nitrogens with zero attached hydrogens (tertiary/aromatic N) is 4. The molecule has 0 radical (unpaired) electrons. The van der Waals surface area contributed by atoms with Crippen molar-refractivity contribution in [2.24, 2.45) is 5.10 Å². The van der Waals surface area contributed by atoms with Crippen molar-refractivity contribution < 1.29 is 0 Å². The molecule has 0 unspecified atom stereocenters. The van der Waals surface area contributed by atoms with Crippen LogP contribution in [0.5, 0.6) is 0 Å². The quantitative estimate of drug-likeness (QED) is 0.762. The van der Waals surface area contributed by atoms with Gasteiger partial charge in [0.15, 0.2) is 0 Å². The average molecular weight is 252 g/mol. The highest BCUT2D eigenvalue weighted by atomic mass is 16.1. The molecule has 0 aliphatic carbocycles. The maximum absolute atomic E-state index is 12.1. The number of rotatable bonds is 2. The molecule has 0 aliphatic heterocycles. The Balaban J connectivity index is 2.50. The molecule has 0 aliphatic rings. The number of aryl methyl sites for hydroxylation is 2. The monoisotopic (exact) mass is 252 g/mol. The summed E-state index contributed by atoms with van der Waals surface area (Å²) in [4.78, 5) is 16.0. The molecule has 2 aromatic heterocycles. The molecule has 2 aromatic rings. The molecule has 0 amide bonds. The van der Waals surface area contributed by atoms with E-state index >= 15 is 0 Å². The molecule has 5 nitrogen and oxygen atoms in total. The van der Waals surface area contributed by atoms with E-state index in [4.69, 9.17) is 5.26 Å². The fraction of sp³-hybridized carbons (Fsp3) is 0.143. The van der Waals surface area contributed by atoms with Crippen molar-refractivity contribution >= 4 is 6.21 Å². The minimum Gasteiger partial charge on any atom is -0.266 e. The number of nitriles is 1. The van der Waals surface area contributed by atoms with Crippen LogP contribution < -0.4 is 5.56 Å². The second-order valence-corrected chi connectivity index (χ2v) is 4.10. The summed E-state index contributed by atoms with van der Waals surface area (Å²) in [5, 5.41) is 13.1. The van der Waals surface area contributed by atoms with Gasteiger partial charge >= 0.3 is 0 Å². The van der Waals surface area contributed by atoms with E-state index < -0.39 is 5.56 Å². The summed E-state index contributed by atoms with van der Waals surface area (Å²) in [6.07, 6.45) is 4.84. The molecule has 0 saturated carbocycles. The van der Waals surface area contributed by atoms with Gasteiger partial charge in [0.1, 0.15) is 11.6 Å². The van der Waals surface area contributed by atoms with E-state index in [1.165, 1.54) is 10.9 Å². The highest BCUT2D eigenvalue weighted by Gasteiger charge is 2.08. The van der Waals surface area contributed by atoms with Crippen molar-refractivity contribution in [2.45, 2.75) is 13.8 Å². The van der Waals surface area contributed by atoms with Gasteiger partial charge in [-0.05, 0) is 31.5 Å². The second kappa shape index (κ2) is 5.27. The van der Waals surface area contributed by atoms with Crippen LogP contribution in [-0.4, -0.2) is 15.9 Å². The standard InChI is InChI=1S/C14H12N4O/c1-10-6-11(2)18(14(19)13(10)7-15)17-9-12-4-3-5-16-8-12/h3-6,8-9H,1-2H3. The fourth-order valence-corrected chi connectivity index (χ4v) is 1.74. The first-order valence-electron chi connectivity index (χ1n) is 5.71. The van der Waals surface area contributed by atoms with Gasteiger partial charge in [-0.2, -0.15) is 10.4 Å². The molecular weight excluding hydrogens is 240 g/mol. The summed E-state index contributed by atoms with van der Waals surface area (Å²) in [5.41, 5.74) is 1.85. The largest absolute Gasteiger partial charge is 0.289 e. The molecule has 5 heteroatoms. The molecule has 2 heterocycles. The molecule has 0 fully saturated rings. The Kier molecular flexibility index (Phi) is 3.53. The number of hydrogen-bond acceptors (Lipinski definition) is 4. The van der Waals surface area contributed by atoms with Gasteiger partial charge < -0.3 is 0 Å². The smallest absolute Gasteiger partial charge is 0.266 e. The third-order valence-electron chi connectivity index (χ3n) is 2.68. The Hall–Kier alpha value is -2.74. The van der Waals surface area contributed by atoms with E-state index in [2.05, 4.69) is 10.1 Å². The van der Waals surface area contributed by atoms with Crippen molar-refractivity contribution in [3.63, 3.8) is 0 Å². The van der Waals surface area contributed by atoms with Gasteiger partial charge in [0.2, 0.25) is 0 Å². The van der Waals surface area contributed by atoms with E-state index in [-0.39, 0.29) is 5.56 Å². The van der Waals surface area contributed by atoms with E-state index in [1.54, 1.807) is 38.4 Å². The van der Waals surface area contributed by atoms with Crippen LogP contribution in [0.15, 0.2) is 40.5 Å². The van der Waals surface area contributed by atoms with Crippen molar-refractivity contribution in [3.8, 4) is 6.07 Å². The van der Waals surface area contributed by atoms with Gasteiger partial charge in [-0.3, -0.25) is 9.78 Å². The van der Waals surface area contributed by atoms with Crippen molar-refractivity contribution in [3.05, 3.63) is 63.3 Å². The van der Waals surface area contributed by atoms with E-state index in [0.29, 0.717) is 11.3 Å². The zero-order chi connectivity index (χ0) is 13.8. The fourth-order valence-electron chi connectivity index (χ4n) is 1.74. The Labute approximate surface area is 110 Å². The zero-order valence-electron chi connectivity index (χ0n) is 10.7. The van der Waals surface area contributed by atoms with Crippen LogP contribution >= 0.6 is 0 Å². The molecule has 0 saturated heterocycles. The molecule has 94 valence electrons. The molecule has 0 bridgehead atoms. The van der Waals surface area contributed by atoms with Crippen LogP contribution in [0.2, 0.25) is 0 Å². The lowest BCUT2D eigenvalue weighted by atomic mass is 10.1. The first-order valence-corrected chi connectivity index (χ1v) is 5.71. The molecule has 0 aromatic carbocycles. The summed E-state index contributed by atoms with van der Waals surface area (Å²) in [6.45, 7) is 3.51. The third-order valence-corrected chi connectivity index (χ3v) is 2.68. The minimum atomic E-state index is -0.403. The summed E-state index contributed by atoms with van der Waals surface area (Å²) in [7, 11) is 0. The van der Waals surface area contributed by atoms with Gasteiger partial charge in [0.05, 0.1) is 6.21 Å². The Morgan fingerprint density at radius 2 is 2.26 bits per heavy atom. The SMILES string of the molecule is Cc1cc(C)n(N=Cc2cccnc2)c(=O)c1C#N. The number of hydrogen-bond donors (Lipinski definition) is 0. The van der Waals surface area contributed by atoms with Gasteiger partial charge in [0.25, 0.3) is 5.56 Å². The number of pyridine rings is 2. The Morgan fingerprint density at radius 1 is 1.47 bits per heavy atom. The van der Waals surface area contributed by atoms with Gasteiger partial charge in [-0.15, -0.1) is 0 Å². The molecule has 19 heavy (non-hydrogen) atoms. The summed E-state index contributed by atoms with van der Waals surface area (Å²) < 4.78 is 1.22. The molecule has 0 N–H and O–H groups in total. The van der Waals surface area contributed by atoms with Crippen LogP contribution in [0.1, 0.15) is 22.4 Å². The van der Waals surface area contributed by atoms with Crippen LogP contribution in [0.4, 0.5) is 0 Å². The molecule has 0 atom stereocenters. The predicted molar refractivity (Wildman–Crippen MR) is 72.1 cm³/mol. The first kappa shape index (κ1) is 12.7. The zero-order valence-corrected chi connectivity index (χ0v) is 10.7. The highest BCUT2D eigenvalue weighted by Crippen LogP contribution is 2.05. The topological polar surface area (TPSA) is 71.0 Å². The number of aromatic nitrogens is 2. The normalized spacial score (nSPS) is 10.6. The van der Waals surface area contributed by atoms with Crippen molar-refractivity contribution in [1.82, 2.24) is 9.66 Å². The molecule has 2 rings (SSSR count). The lowest BCUT2D eigenvalue weighted by Crippen LogP contribution is -2.22. The summed E-state index contributed by atoms with van der Waals surface area (Å²) >= 11 is 0. The predicted octanol–water partition coefficient (Wildman–Crippen LogP) is 1.61. The average Bonchev–Trinajstić information content (AvgIpc) is 2.39. The minimum absolute atomic E-state index is 0.119.